The molecule has 3 rings (SSSR count). The predicted molar refractivity (Wildman–Crippen MR) is 103 cm³/mol. The topological polar surface area (TPSA) is 69.9 Å². The maximum absolute atomic E-state index is 12.8. The van der Waals surface area contributed by atoms with E-state index in [1.807, 2.05) is 60.9 Å². The molecule has 2 amide bonds. The fraction of sp³-hybridized carbons (Fsp3) is 0.600. The number of hydrogen-bond acceptors (Lipinski definition) is 4. The standard InChI is InChI=1S/C20H30N4O2/c1-20(2,3)17(21)19(26)23-13-11-22(12-14-23)16-9-10-24(18(16)25)15-7-5-4-6-8-15/h4-8,16-17H,9-14,21H2,1-3H3/t16?,17-/m1/s1. The van der Waals surface area contributed by atoms with Gasteiger partial charge in [0.15, 0.2) is 0 Å². The van der Waals surface area contributed by atoms with Gasteiger partial charge in [0.2, 0.25) is 11.8 Å². The Bertz CT molecular complexity index is 648. The molecule has 2 atom stereocenters. The van der Waals surface area contributed by atoms with Crippen molar-refractivity contribution in [2.45, 2.75) is 39.3 Å². The molecule has 0 radical (unpaired) electrons. The first kappa shape index (κ1) is 18.9. The second kappa shape index (κ2) is 7.37. The SMILES string of the molecule is CC(C)(C)[C@H](N)C(=O)N1CCN(C2CCN(c3ccccc3)C2=O)CC1. The van der Waals surface area contributed by atoms with Crippen molar-refractivity contribution in [3.63, 3.8) is 0 Å². The van der Waals surface area contributed by atoms with Crippen molar-refractivity contribution in [3.05, 3.63) is 30.3 Å². The molecule has 26 heavy (non-hydrogen) atoms. The van der Waals surface area contributed by atoms with E-state index in [4.69, 9.17) is 5.73 Å². The summed E-state index contributed by atoms with van der Waals surface area (Å²) in [5.74, 6) is 0.184. The van der Waals surface area contributed by atoms with Crippen molar-refractivity contribution in [2.24, 2.45) is 11.1 Å². The molecule has 1 aromatic rings. The number of carbonyl (C=O) groups is 2. The highest BCUT2D eigenvalue weighted by Crippen LogP contribution is 2.25. The lowest BCUT2D eigenvalue weighted by Gasteiger charge is -2.39. The Morgan fingerprint density at radius 3 is 2.27 bits per heavy atom. The molecule has 2 aliphatic heterocycles. The highest BCUT2D eigenvalue weighted by molar-refractivity contribution is 5.99. The lowest BCUT2D eigenvalue weighted by molar-refractivity contribution is -0.137. The van der Waals surface area contributed by atoms with E-state index in [-0.39, 0.29) is 23.3 Å². The molecule has 2 N–H and O–H groups in total. The van der Waals surface area contributed by atoms with E-state index < -0.39 is 6.04 Å². The number of para-hydroxylation sites is 1. The molecule has 2 heterocycles. The summed E-state index contributed by atoms with van der Waals surface area (Å²) in [6, 6.07) is 9.26. The molecular weight excluding hydrogens is 328 g/mol. The molecule has 142 valence electrons. The molecule has 6 nitrogen and oxygen atoms in total. The van der Waals surface area contributed by atoms with Gasteiger partial charge in [-0.15, -0.1) is 0 Å². The van der Waals surface area contributed by atoms with E-state index in [9.17, 15) is 9.59 Å². The Morgan fingerprint density at radius 1 is 1.08 bits per heavy atom. The Labute approximate surface area is 155 Å². The second-order valence-corrected chi connectivity index (χ2v) is 8.33. The van der Waals surface area contributed by atoms with E-state index in [0.717, 1.165) is 31.7 Å². The van der Waals surface area contributed by atoms with Gasteiger partial charge in [-0.25, -0.2) is 0 Å². The Balaban J connectivity index is 1.57. The molecule has 2 aliphatic rings. The predicted octanol–water partition coefficient (Wildman–Crippen LogP) is 1.31. The molecule has 2 fully saturated rings. The quantitative estimate of drug-likeness (QED) is 0.884. The molecule has 0 aliphatic carbocycles. The summed E-state index contributed by atoms with van der Waals surface area (Å²) in [7, 11) is 0. The van der Waals surface area contributed by atoms with Gasteiger partial charge in [0.1, 0.15) is 0 Å². The second-order valence-electron chi connectivity index (χ2n) is 8.33. The van der Waals surface area contributed by atoms with Crippen molar-refractivity contribution in [1.29, 1.82) is 0 Å². The van der Waals surface area contributed by atoms with Crippen molar-refractivity contribution >= 4 is 17.5 Å². The van der Waals surface area contributed by atoms with E-state index in [1.54, 1.807) is 0 Å². The minimum Gasteiger partial charge on any atom is -0.339 e. The van der Waals surface area contributed by atoms with E-state index in [2.05, 4.69) is 4.90 Å². The third-order valence-corrected chi connectivity index (χ3v) is 5.51. The summed E-state index contributed by atoms with van der Waals surface area (Å²) in [6.45, 7) is 9.43. The van der Waals surface area contributed by atoms with Gasteiger partial charge in [-0.3, -0.25) is 14.5 Å². The minimum atomic E-state index is -0.490. The highest BCUT2D eigenvalue weighted by Gasteiger charge is 2.39. The van der Waals surface area contributed by atoms with Gasteiger partial charge < -0.3 is 15.5 Å². The van der Waals surface area contributed by atoms with Crippen molar-refractivity contribution in [2.75, 3.05) is 37.6 Å². The minimum absolute atomic E-state index is 0.0146. The van der Waals surface area contributed by atoms with Crippen LogP contribution in [0, 0.1) is 5.41 Å². The van der Waals surface area contributed by atoms with Crippen LogP contribution in [0.3, 0.4) is 0 Å². The molecule has 0 aromatic heterocycles. The molecule has 0 bridgehead atoms. The fourth-order valence-corrected chi connectivity index (χ4v) is 3.69. The molecule has 0 spiro atoms. The van der Waals surface area contributed by atoms with Crippen LogP contribution in [0.15, 0.2) is 30.3 Å². The average Bonchev–Trinajstić information content (AvgIpc) is 3.02. The average molecular weight is 358 g/mol. The van der Waals surface area contributed by atoms with Crippen molar-refractivity contribution < 1.29 is 9.59 Å². The lowest BCUT2D eigenvalue weighted by atomic mass is 9.86. The lowest BCUT2D eigenvalue weighted by Crippen LogP contribution is -2.58. The van der Waals surface area contributed by atoms with E-state index in [1.165, 1.54) is 0 Å². The summed E-state index contributed by atoms with van der Waals surface area (Å²) >= 11 is 0. The summed E-state index contributed by atoms with van der Waals surface area (Å²) < 4.78 is 0. The van der Waals surface area contributed by atoms with Crippen LogP contribution in [0.5, 0.6) is 0 Å². The van der Waals surface area contributed by atoms with E-state index >= 15 is 0 Å². The Hall–Kier alpha value is -1.92. The largest absolute Gasteiger partial charge is 0.339 e. The third kappa shape index (κ3) is 3.76. The van der Waals surface area contributed by atoms with Crippen LogP contribution in [-0.2, 0) is 9.59 Å². The number of nitrogens with two attached hydrogens (primary N) is 1. The van der Waals surface area contributed by atoms with Gasteiger partial charge in [0.05, 0.1) is 12.1 Å². The number of anilines is 1. The molecular formula is C20H30N4O2. The number of amides is 2. The number of rotatable bonds is 3. The zero-order chi connectivity index (χ0) is 18.9. The molecule has 0 saturated carbocycles. The van der Waals surface area contributed by atoms with E-state index in [0.29, 0.717) is 13.1 Å². The molecule has 6 heteroatoms. The van der Waals surface area contributed by atoms with Crippen LogP contribution in [0.1, 0.15) is 27.2 Å². The summed E-state index contributed by atoms with van der Waals surface area (Å²) in [4.78, 5) is 31.4. The van der Waals surface area contributed by atoms with Gasteiger partial charge in [0, 0.05) is 38.4 Å². The van der Waals surface area contributed by atoms with Crippen LogP contribution in [0.25, 0.3) is 0 Å². The summed E-state index contributed by atoms with van der Waals surface area (Å²) in [5.41, 5.74) is 6.84. The maximum Gasteiger partial charge on any atom is 0.244 e. The number of piperazine rings is 1. The number of benzene rings is 1. The third-order valence-electron chi connectivity index (χ3n) is 5.51. The Morgan fingerprint density at radius 2 is 1.69 bits per heavy atom. The molecule has 2 saturated heterocycles. The smallest absolute Gasteiger partial charge is 0.244 e. The monoisotopic (exact) mass is 358 g/mol. The first-order chi connectivity index (χ1) is 12.3. The number of carbonyl (C=O) groups excluding carboxylic acids is 2. The first-order valence-electron chi connectivity index (χ1n) is 9.44. The van der Waals surface area contributed by atoms with Crippen molar-refractivity contribution in [3.8, 4) is 0 Å². The van der Waals surface area contributed by atoms with Gasteiger partial charge in [-0.05, 0) is 24.0 Å². The van der Waals surface area contributed by atoms with Crippen molar-refractivity contribution in [1.82, 2.24) is 9.80 Å². The first-order valence-corrected chi connectivity index (χ1v) is 9.44. The normalized spacial score (nSPS) is 23.4. The summed E-state index contributed by atoms with van der Waals surface area (Å²) in [6.07, 6.45) is 0.836. The zero-order valence-electron chi connectivity index (χ0n) is 16.0. The van der Waals surface area contributed by atoms with Crippen LogP contribution >= 0.6 is 0 Å². The van der Waals surface area contributed by atoms with Gasteiger partial charge in [0.25, 0.3) is 0 Å². The zero-order valence-corrected chi connectivity index (χ0v) is 16.0. The Kier molecular flexibility index (Phi) is 5.34. The van der Waals surface area contributed by atoms with Gasteiger partial charge in [-0.1, -0.05) is 39.0 Å². The van der Waals surface area contributed by atoms with Gasteiger partial charge >= 0.3 is 0 Å². The maximum atomic E-state index is 12.8. The summed E-state index contributed by atoms with van der Waals surface area (Å²) in [5, 5.41) is 0. The number of nitrogens with zero attached hydrogens (tertiary/aromatic N) is 3. The highest BCUT2D eigenvalue weighted by atomic mass is 16.2. The van der Waals surface area contributed by atoms with Gasteiger partial charge in [-0.2, -0.15) is 0 Å². The fourth-order valence-electron chi connectivity index (χ4n) is 3.69. The van der Waals surface area contributed by atoms with Crippen LogP contribution < -0.4 is 10.6 Å². The molecule has 1 aromatic carbocycles. The van der Waals surface area contributed by atoms with Crippen LogP contribution in [-0.4, -0.2) is 66.4 Å². The van der Waals surface area contributed by atoms with Crippen LogP contribution in [0.4, 0.5) is 5.69 Å². The molecule has 1 unspecified atom stereocenters. The van der Waals surface area contributed by atoms with Crippen LogP contribution in [0.2, 0.25) is 0 Å². The number of hydrogen-bond donors (Lipinski definition) is 1.